The minimum atomic E-state index is -0.0128. The normalized spacial score (nSPS) is 18.1. The number of rotatable bonds is 6. The van der Waals surface area contributed by atoms with E-state index in [-0.39, 0.29) is 36.3 Å². The first-order chi connectivity index (χ1) is 9.86. The van der Waals surface area contributed by atoms with Gasteiger partial charge in [0.1, 0.15) is 0 Å². The van der Waals surface area contributed by atoms with Gasteiger partial charge < -0.3 is 15.3 Å². The summed E-state index contributed by atoms with van der Waals surface area (Å²) in [4.78, 5) is 26.1. The van der Waals surface area contributed by atoms with Gasteiger partial charge in [0.25, 0.3) is 0 Å². The van der Waals surface area contributed by atoms with Gasteiger partial charge in [-0.25, -0.2) is 0 Å². The summed E-state index contributed by atoms with van der Waals surface area (Å²) in [5.74, 6) is 0.558. The highest BCUT2D eigenvalue weighted by atomic mass is 16.3. The van der Waals surface area contributed by atoms with E-state index in [1.165, 1.54) is 0 Å². The first-order valence-corrected chi connectivity index (χ1v) is 8.06. The molecule has 1 aliphatic heterocycles. The molecule has 5 nitrogen and oxygen atoms in total. The lowest BCUT2D eigenvalue weighted by atomic mass is 9.93. The maximum atomic E-state index is 12.3. The smallest absolute Gasteiger partial charge is 0.225 e. The van der Waals surface area contributed by atoms with Crippen LogP contribution in [0.3, 0.4) is 0 Å². The number of carbonyl (C=O) groups is 2. The number of aliphatic hydroxyl groups is 1. The summed E-state index contributed by atoms with van der Waals surface area (Å²) in [5, 5.41) is 12.1. The van der Waals surface area contributed by atoms with Crippen molar-refractivity contribution in [1.29, 1.82) is 0 Å². The molecule has 2 N–H and O–H groups in total. The Labute approximate surface area is 128 Å². The van der Waals surface area contributed by atoms with Gasteiger partial charge in [-0.1, -0.05) is 27.7 Å². The Morgan fingerprint density at radius 1 is 1.19 bits per heavy atom. The summed E-state index contributed by atoms with van der Waals surface area (Å²) in [6.45, 7) is 9.33. The number of hydrogen-bond donors (Lipinski definition) is 2. The maximum Gasteiger partial charge on any atom is 0.225 e. The van der Waals surface area contributed by atoms with Gasteiger partial charge in [0.2, 0.25) is 11.8 Å². The van der Waals surface area contributed by atoms with Gasteiger partial charge in [0, 0.05) is 37.6 Å². The standard InChI is InChI=1S/C16H30N2O3/c1-11(2)14(7-10-19)17-15(20)13-5-8-18(9-6-13)16(21)12(3)4/h11-14,19H,5-10H2,1-4H3,(H,17,20). The van der Waals surface area contributed by atoms with Crippen molar-refractivity contribution in [3.05, 3.63) is 0 Å². The molecule has 0 saturated carbocycles. The number of aliphatic hydroxyl groups excluding tert-OH is 1. The minimum Gasteiger partial charge on any atom is -0.396 e. The molecule has 122 valence electrons. The predicted molar refractivity (Wildman–Crippen MR) is 82.6 cm³/mol. The third-order valence-electron chi connectivity index (χ3n) is 4.24. The molecule has 0 aliphatic carbocycles. The van der Waals surface area contributed by atoms with E-state index in [4.69, 9.17) is 5.11 Å². The van der Waals surface area contributed by atoms with E-state index < -0.39 is 0 Å². The van der Waals surface area contributed by atoms with E-state index in [0.29, 0.717) is 25.4 Å². The van der Waals surface area contributed by atoms with E-state index in [0.717, 1.165) is 12.8 Å². The quantitative estimate of drug-likeness (QED) is 0.779. The molecule has 1 aliphatic rings. The molecule has 1 rings (SSSR count). The van der Waals surface area contributed by atoms with Crippen molar-refractivity contribution < 1.29 is 14.7 Å². The molecule has 0 radical (unpaired) electrons. The monoisotopic (exact) mass is 298 g/mol. The van der Waals surface area contributed by atoms with Gasteiger partial charge in [-0.15, -0.1) is 0 Å². The van der Waals surface area contributed by atoms with Crippen LogP contribution >= 0.6 is 0 Å². The zero-order valence-corrected chi connectivity index (χ0v) is 13.8. The van der Waals surface area contributed by atoms with Crippen molar-refractivity contribution in [2.75, 3.05) is 19.7 Å². The van der Waals surface area contributed by atoms with Crippen molar-refractivity contribution in [2.45, 2.75) is 53.0 Å². The average Bonchev–Trinajstić information content (AvgIpc) is 2.45. The molecule has 0 spiro atoms. The van der Waals surface area contributed by atoms with Crippen LogP contribution in [0.15, 0.2) is 0 Å². The fourth-order valence-corrected chi connectivity index (χ4v) is 2.74. The van der Waals surface area contributed by atoms with Crippen LogP contribution in [0.2, 0.25) is 0 Å². The van der Waals surface area contributed by atoms with E-state index in [1.54, 1.807) is 0 Å². The Morgan fingerprint density at radius 3 is 2.19 bits per heavy atom. The van der Waals surface area contributed by atoms with Crippen LogP contribution in [0.5, 0.6) is 0 Å². The number of likely N-dealkylation sites (tertiary alicyclic amines) is 1. The largest absolute Gasteiger partial charge is 0.396 e. The van der Waals surface area contributed by atoms with Crippen LogP contribution in [0.4, 0.5) is 0 Å². The molecule has 1 saturated heterocycles. The van der Waals surface area contributed by atoms with Gasteiger partial charge >= 0.3 is 0 Å². The SMILES string of the molecule is CC(C)C(=O)N1CCC(C(=O)NC(CCO)C(C)C)CC1. The second-order valence-electron chi connectivity index (χ2n) is 6.63. The van der Waals surface area contributed by atoms with Crippen LogP contribution in [-0.2, 0) is 9.59 Å². The maximum absolute atomic E-state index is 12.3. The third-order valence-corrected chi connectivity index (χ3v) is 4.24. The molecule has 1 fully saturated rings. The molecule has 1 atom stereocenters. The molecule has 1 unspecified atom stereocenters. The predicted octanol–water partition coefficient (Wildman–Crippen LogP) is 1.40. The summed E-state index contributed by atoms with van der Waals surface area (Å²) in [6, 6.07) is 0.0258. The molecule has 5 heteroatoms. The molecule has 0 aromatic rings. The average molecular weight is 298 g/mol. The van der Waals surface area contributed by atoms with Crippen LogP contribution in [-0.4, -0.2) is 47.6 Å². The fourth-order valence-electron chi connectivity index (χ4n) is 2.74. The van der Waals surface area contributed by atoms with Crippen LogP contribution in [0.1, 0.15) is 47.0 Å². The molecular formula is C16H30N2O3. The fraction of sp³-hybridized carbons (Fsp3) is 0.875. The topological polar surface area (TPSA) is 69.6 Å². The third kappa shape index (κ3) is 5.30. The van der Waals surface area contributed by atoms with E-state index >= 15 is 0 Å². The van der Waals surface area contributed by atoms with Gasteiger partial charge in [-0.05, 0) is 25.2 Å². The van der Waals surface area contributed by atoms with Crippen LogP contribution < -0.4 is 5.32 Å². The Kier molecular flexibility index (Phi) is 7.15. The molecule has 1 heterocycles. The number of piperidine rings is 1. The summed E-state index contributed by atoms with van der Waals surface area (Å²) in [7, 11) is 0. The summed E-state index contributed by atoms with van der Waals surface area (Å²) in [5.41, 5.74) is 0. The van der Waals surface area contributed by atoms with Gasteiger partial charge in [0.15, 0.2) is 0 Å². The number of nitrogens with zero attached hydrogens (tertiary/aromatic N) is 1. The molecule has 21 heavy (non-hydrogen) atoms. The molecule has 0 aromatic carbocycles. The van der Waals surface area contributed by atoms with Crippen molar-refractivity contribution in [1.82, 2.24) is 10.2 Å². The molecule has 0 aromatic heterocycles. The number of hydrogen-bond acceptors (Lipinski definition) is 3. The second-order valence-corrected chi connectivity index (χ2v) is 6.63. The lowest BCUT2D eigenvalue weighted by molar-refractivity contribution is -0.138. The van der Waals surface area contributed by atoms with Gasteiger partial charge in [-0.3, -0.25) is 9.59 Å². The first kappa shape index (κ1) is 18.0. The van der Waals surface area contributed by atoms with E-state index in [9.17, 15) is 9.59 Å². The highest BCUT2D eigenvalue weighted by Gasteiger charge is 2.29. The van der Waals surface area contributed by atoms with Crippen molar-refractivity contribution in [2.24, 2.45) is 17.8 Å². The van der Waals surface area contributed by atoms with Crippen molar-refractivity contribution >= 4 is 11.8 Å². The highest BCUT2D eigenvalue weighted by Crippen LogP contribution is 2.20. The summed E-state index contributed by atoms with van der Waals surface area (Å²) in [6.07, 6.45) is 2.05. The Morgan fingerprint density at radius 2 is 1.76 bits per heavy atom. The summed E-state index contributed by atoms with van der Waals surface area (Å²) >= 11 is 0. The van der Waals surface area contributed by atoms with Crippen LogP contribution in [0, 0.1) is 17.8 Å². The van der Waals surface area contributed by atoms with E-state index in [1.807, 2.05) is 32.6 Å². The lowest BCUT2D eigenvalue weighted by Gasteiger charge is -2.33. The highest BCUT2D eigenvalue weighted by molar-refractivity contribution is 5.81. The Hall–Kier alpha value is -1.10. The Bertz CT molecular complexity index is 347. The van der Waals surface area contributed by atoms with Gasteiger partial charge in [0.05, 0.1) is 0 Å². The molecular weight excluding hydrogens is 268 g/mol. The molecule has 0 bridgehead atoms. The summed E-state index contributed by atoms with van der Waals surface area (Å²) < 4.78 is 0. The first-order valence-electron chi connectivity index (χ1n) is 8.06. The number of carbonyl (C=O) groups excluding carboxylic acids is 2. The number of amides is 2. The Balaban J connectivity index is 2.46. The zero-order valence-electron chi connectivity index (χ0n) is 13.8. The second kappa shape index (κ2) is 8.37. The minimum absolute atomic E-state index is 0.0128. The molecule has 2 amide bonds. The van der Waals surface area contributed by atoms with E-state index in [2.05, 4.69) is 5.32 Å². The lowest BCUT2D eigenvalue weighted by Crippen LogP contribution is -2.47. The van der Waals surface area contributed by atoms with Crippen molar-refractivity contribution in [3.8, 4) is 0 Å². The number of nitrogens with one attached hydrogen (secondary N) is 1. The van der Waals surface area contributed by atoms with Gasteiger partial charge in [-0.2, -0.15) is 0 Å². The van der Waals surface area contributed by atoms with Crippen LogP contribution in [0.25, 0.3) is 0 Å². The zero-order chi connectivity index (χ0) is 16.0. The van der Waals surface area contributed by atoms with Crippen molar-refractivity contribution in [3.63, 3.8) is 0 Å².